The van der Waals surface area contributed by atoms with E-state index in [0.717, 1.165) is 16.8 Å². The number of nitrogens with zero attached hydrogens (tertiary/aromatic N) is 1. The summed E-state index contributed by atoms with van der Waals surface area (Å²) in [5.74, 6) is -0.445. The van der Waals surface area contributed by atoms with E-state index in [1.165, 1.54) is 13.8 Å². The number of carbonyl (C=O) groups excluding carboxylic acids is 1. The number of carbonyl (C=O) groups is 1. The number of ether oxygens (including phenoxy) is 2. The van der Waals surface area contributed by atoms with Crippen LogP contribution in [-0.4, -0.2) is 46.0 Å². The largest absolute Gasteiger partial charge is 0.462 e. The fraction of sp³-hybridized carbons (Fsp3) is 0.500. The van der Waals surface area contributed by atoms with Gasteiger partial charge in [0, 0.05) is 18.7 Å². The van der Waals surface area contributed by atoms with Gasteiger partial charge in [-0.25, -0.2) is 13.8 Å². The van der Waals surface area contributed by atoms with Crippen LogP contribution in [0.3, 0.4) is 0 Å². The average molecular weight is 513 g/mol. The van der Waals surface area contributed by atoms with Crippen LogP contribution in [0.1, 0.15) is 40.3 Å². The Balaban J connectivity index is 1.75. The van der Waals surface area contributed by atoms with Crippen molar-refractivity contribution in [1.82, 2.24) is 14.6 Å². The SMILES string of the molecule is CC(C)OC(=O)C(C)NP(=O)(OCC1C[C@@](C)(F)C(n2ccc(=O)[nH]c2=O)O1)Oc1ccccc1. The van der Waals surface area contributed by atoms with Gasteiger partial charge in [0.15, 0.2) is 11.9 Å². The molecule has 2 N–H and O–H groups in total. The Morgan fingerprint density at radius 1 is 1.29 bits per heavy atom. The first-order chi connectivity index (χ1) is 16.4. The van der Waals surface area contributed by atoms with E-state index in [0.29, 0.717) is 0 Å². The highest BCUT2D eigenvalue weighted by Gasteiger charge is 2.48. The predicted molar refractivity (Wildman–Crippen MR) is 124 cm³/mol. The number of aromatic nitrogens is 2. The zero-order valence-electron chi connectivity index (χ0n) is 19.8. The average Bonchev–Trinajstić information content (AvgIpc) is 3.06. The summed E-state index contributed by atoms with van der Waals surface area (Å²) in [5.41, 5.74) is -3.45. The summed E-state index contributed by atoms with van der Waals surface area (Å²) in [6.07, 6.45) is -1.70. The first kappa shape index (κ1) is 26.8. The zero-order chi connectivity index (χ0) is 25.8. The van der Waals surface area contributed by atoms with Crippen molar-refractivity contribution in [3.63, 3.8) is 0 Å². The summed E-state index contributed by atoms with van der Waals surface area (Å²) in [4.78, 5) is 37.7. The number of H-pyrrole nitrogens is 1. The molecule has 1 aliphatic heterocycles. The van der Waals surface area contributed by atoms with Gasteiger partial charge in [-0.1, -0.05) is 18.2 Å². The first-order valence-electron chi connectivity index (χ1n) is 11.0. The lowest BCUT2D eigenvalue weighted by Crippen LogP contribution is -2.38. The minimum Gasteiger partial charge on any atom is -0.462 e. The van der Waals surface area contributed by atoms with Gasteiger partial charge in [-0.15, -0.1) is 0 Å². The van der Waals surface area contributed by atoms with E-state index in [4.69, 9.17) is 18.5 Å². The van der Waals surface area contributed by atoms with Crippen LogP contribution in [0.5, 0.6) is 5.75 Å². The molecule has 2 heterocycles. The Labute approximate surface area is 201 Å². The van der Waals surface area contributed by atoms with Crippen molar-refractivity contribution in [2.45, 2.75) is 64.3 Å². The third kappa shape index (κ3) is 7.11. The van der Waals surface area contributed by atoms with Gasteiger partial charge in [0.1, 0.15) is 11.8 Å². The van der Waals surface area contributed by atoms with Crippen LogP contribution in [0, 0.1) is 0 Å². The molecule has 0 amide bonds. The van der Waals surface area contributed by atoms with Gasteiger partial charge in [-0.05, 0) is 39.8 Å². The van der Waals surface area contributed by atoms with E-state index in [9.17, 15) is 18.9 Å². The van der Waals surface area contributed by atoms with Crippen LogP contribution in [0.2, 0.25) is 0 Å². The normalized spacial score (nSPS) is 24.6. The molecule has 2 aromatic rings. The molecule has 35 heavy (non-hydrogen) atoms. The van der Waals surface area contributed by atoms with Crippen LogP contribution in [0.25, 0.3) is 0 Å². The fourth-order valence-corrected chi connectivity index (χ4v) is 5.02. The maximum Gasteiger partial charge on any atom is 0.459 e. The van der Waals surface area contributed by atoms with Gasteiger partial charge < -0.3 is 14.0 Å². The van der Waals surface area contributed by atoms with E-state index >= 15 is 4.39 Å². The first-order valence-corrected chi connectivity index (χ1v) is 12.6. The molecule has 0 aliphatic carbocycles. The Morgan fingerprint density at radius 3 is 2.60 bits per heavy atom. The van der Waals surface area contributed by atoms with Crippen LogP contribution in [-0.2, 0) is 23.4 Å². The Kier molecular flexibility index (Phi) is 8.32. The Morgan fingerprint density at radius 2 is 1.97 bits per heavy atom. The minimum absolute atomic E-state index is 0.195. The van der Waals surface area contributed by atoms with Crippen LogP contribution < -0.4 is 20.9 Å². The third-order valence-corrected chi connectivity index (χ3v) is 6.67. The van der Waals surface area contributed by atoms with Crippen molar-refractivity contribution in [1.29, 1.82) is 0 Å². The number of aromatic amines is 1. The van der Waals surface area contributed by atoms with Crippen molar-refractivity contribution in [3.8, 4) is 5.75 Å². The lowest BCUT2D eigenvalue weighted by atomic mass is 10.0. The molecule has 3 rings (SSSR count). The quantitative estimate of drug-likeness (QED) is 0.363. The van der Waals surface area contributed by atoms with Crippen molar-refractivity contribution < 1.29 is 32.3 Å². The van der Waals surface area contributed by atoms with Gasteiger partial charge in [0.05, 0.1) is 18.8 Å². The lowest BCUT2D eigenvalue weighted by molar-refractivity contribution is -0.149. The second-order valence-electron chi connectivity index (χ2n) is 8.64. The van der Waals surface area contributed by atoms with Gasteiger partial charge in [0.25, 0.3) is 5.56 Å². The second kappa shape index (κ2) is 10.9. The molecule has 1 aliphatic rings. The molecule has 0 bridgehead atoms. The number of hydrogen-bond acceptors (Lipinski definition) is 8. The van der Waals surface area contributed by atoms with E-state index in [1.54, 1.807) is 44.2 Å². The van der Waals surface area contributed by atoms with E-state index in [-0.39, 0.29) is 24.9 Å². The number of esters is 1. The van der Waals surface area contributed by atoms with Gasteiger partial charge in [-0.3, -0.25) is 23.7 Å². The topological polar surface area (TPSA) is 138 Å². The molecule has 11 nitrogen and oxygen atoms in total. The highest BCUT2D eigenvalue weighted by molar-refractivity contribution is 7.52. The number of para-hydroxylation sites is 1. The molecule has 1 aromatic heterocycles. The number of hydrogen-bond donors (Lipinski definition) is 2. The fourth-order valence-electron chi connectivity index (χ4n) is 3.50. The number of rotatable bonds is 10. The van der Waals surface area contributed by atoms with Crippen molar-refractivity contribution in [2.24, 2.45) is 0 Å². The summed E-state index contributed by atoms with van der Waals surface area (Å²) in [6, 6.07) is 8.20. The Bertz CT molecular complexity index is 1180. The summed E-state index contributed by atoms with van der Waals surface area (Å²) in [7, 11) is -4.17. The molecule has 0 spiro atoms. The van der Waals surface area contributed by atoms with Crippen molar-refractivity contribution in [2.75, 3.05) is 6.61 Å². The number of alkyl halides is 1. The highest BCUT2D eigenvalue weighted by atomic mass is 31.2. The summed E-state index contributed by atoms with van der Waals surface area (Å²) < 4.78 is 51.7. The zero-order valence-corrected chi connectivity index (χ0v) is 20.7. The highest BCUT2D eigenvalue weighted by Crippen LogP contribution is 2.47. The lowest BCUT2D eigenvalue weighted by Gasteiger charge is -2.24. The number of benzene rings is 1. The second-order valence-corrected chi connectivity index (χ2v) is 10.3. The number of nitrogens with one attached hydrogen (secondary N) is 2. The molecule has 1 fully saturated rings. The van der Waals surface area contributed by atoms with Crippen LogP contribution >= 0.6 is 7.75 Å². The van der Waals surface area contributed by atoms with Crippen molar-refractivity contribution >= 4 is 13.7 Å². The van der Waals surface area contributed by atoms with Crippen LogP contribution in [0.15, 0.2) is 52.2 Å². The minimum atomic E-state index is -4.17. The molecular formula is C22H29FN3O8P. The maximum atomic E-state index is 15.3. The van der Waals surface area contributed by atoms with Crippen LogP contribution in [0.4, 0.5) is 4.39 Å². The predicted octanol–water partition coefficient (Wildman–Crippen LogP) is 2.69. The molecule has 192 valence electrons. The standard InChI is InChI=1S/C22H29FN3O8P/c1-14(2)32-19(28)15(3)25-35(30,34-16-8-6-5-7-9-16)31-13-17-12-22(4,23)20(33-17)26-11-10-18(27)24-21(26)29/h5-11,14-15,17,20H,12-13H2,1-4H3,(H,25,30)(H,24,27,29)/t15?,17?,20?,22-,35?/m1/s1. The molecule has 0 radical (unpaired) electrons. The maximum absolute atomic E-state index is 15.3. The molecule has 0 saturated carbocycles. The molecule has 4 unspecified atom stereocenters. The van der Waals surface area contributed by atoms with Gasteiger partial charge in [0.2, 0.25) is 0 Å². The van der Waals surface area contributed by atoms with Gasteiger partial charge >= 0.3 is 19.4 Å². The van der Waals surface area contributed by atoms with E-state index < -0.39 is 49.0 Å². The molecule has 1 saturated heterocycles. The Hall–Kier alpha value is -2.79. The smallest absolute Gasteiger partial charge is 0.459 e. The molecular weight excluding hydrogens is 484 g/mol. The van der Waals surface area contributed by atoms with Crippen molar-refractivity contribution in [3.05, 3.63) is 63.4 Å². The summed E-state index contributed by atoms with van der Waals surface area (Å²) in [5, 5.41) is 2.54. The monoisotopic (exact) mass is 513 g/mol. The summed E-state index contributed by atoms with van der Waals surface area (Å²) in [6.45, 7) is 5.67. The third-order valence-electron chi connectivity index (χ3n) is 5.02. The molecule has 5 atom stereocenters. The van der Waals surface area contributed by atoms with Gasteiger partial charge in [-0.2, -0.15) is 5.09 Å². The van der Waals surface area contributed by atoms with E-state index in [1.807, 2.05) is 0 Å². The van der Waals surface area contributed by atoms with E-state index in [2.05, 4.69) is 10.1 Å². The molecule has 13 heteroatoms. The summed E-state index contributed by atoms with van der Waals surface area (Å²) >= 11 is 0. The number of halogens is 1. The molecule has 1 aromatic carbocycles.